The van der Waals surface area contributed by atoms with Gasteiger partial charge in [-0.3, -0.25) is 0 Å². The smallest absolute Gasteiger partial charge is 0.161 e. The van der Waals surface area contributed by atoms with E-state index in [-0.39, 0.29) is 0 Å². The number of aliphatic hydroxyl groups excluding tert-OH is 1. The van der Waals surface area contributed by atoms with Gasteiger partial charge in [-0.05, 0) is 37.5 Å². The topological polar surface area (TPSA) is 47.9 Å². The van der Waals surface area contributed by atoms with E-state index in [2.05, 4.69) is 0 Å². The monoisotopic (exact) mass is 282 g/mol. The van der Waals surface area contributed by atoms with Crippen molar-refractivity contribution in [2.45, 2.75) is 45.3 Å². The first-order valence-corrected chi connectivity index (χ1v) is 7.12. The predicted octanol–water partition coefficient (Wildman–Crippen LogP) is 3.33. The molecule has 4 nitrogen and oxygen atoms in total. The Hall–Kier alpha value is -1.26. The number of hydrogen-bond donors (Lipinski definition) is 1. The number of aliphatic hydroxyl groups is 1. The van der Waals surface area contributed by atoms with Crippen molar-refractivity contribution in [2.75, 3.05) is 20.8 Å². The molecule has 1 aromatic rings. The molecule has 0 aromatic heterocycles. The molecule has 0 saturated heterocycles. The van der Waals surface area contributed by atoms with Crippen LogP contribution in [0.1, 0.15) is 45.3 Å². The molecule has 4 heteroatoms. The fraction of sp³-hybridized carbons (Fsp3) is 0.625. The van der Waals surface area contributed by atoms with Crippen LogP contribution in [0, 0.1) is 0 Å². The number of benzene rings is 1. The third kappa shape index (κ3) is 3.25. The van der Waals surface area contributed by atoms with Gasteiger partial charge in [0.25, 0.3) is 0 Å². The van der Waals surface area contributed by atoms with Gasteiger partial charge in [0.05, 0.1) is 19.8 Å². The van der Waals surface area contributed by atoms with Crippen LogP contribution in [-0.4, -0.2) is 31.5 Å². The van der Waals surface area contributed by atoms with Gasteiger partial charge >= 0.3 is 0 Å². The van der Waals surface area contributed by atoms with E-state index in [1.54, 1.807) is 20.3 Å². The lowest BCUT2D eigenvalue weighted by molar-refractivity contribution is -0.127. The summed E-state index contributed by atoms with van der Waals surface area (Å²) in [5, 5.41) is 10.7. The first kappa shape index (κ1) is 16.8. The number of rotatable bonds is 8. The van der Waals surface area contributed by atoms with Gasteiger partial charge in [-0.25, -0.2) is 0 Å². The van der Waals surface area contributed by atoms with Crippen LogP contribution in [0.3, 0.4) is 0 Å². The average Bonchev–Trinajstić information content (AvgIpc) is 2.51. The molecule has 1 atom stereocenters. The van der Waals surface area contributed by atoms with Crippen molar-refractivity contribution >= 4 is 0 Å². The average molecular weight is 282 g/mol. The van der Waals surface area contributed by atoms with Crippen LogP contribution >= 0.6 is 0 Å². The second-order valence-corrected chi connectivity index (χ2v) is 4.72. The van der Waals surface area contributed by atoms with E-state index in [0.717, 1.165) is 18.4 Å². The highest BCUT2D eigenvalue weighted by Crippen LogP contribution is 2.38. The maximum Gasteiger partial charge on any atom is 0.161 e. The summed E-state index contributed by atoms with van der Waals surface area (Å²) in [6.07, 6.45) is 0.789. The largest absolute Gasteiger partial charge is 0.493 e. The van der Waals surface area contributed by atoms with Gasteiger partial charge < -0.3 is 19.3 Å². The number of hydrogen-bond acceptors (Lipinski definition) is 4. The normalized spacial score (nSPS) is 13.1. The summed E-state index contributed by atoms with van der Waals surface area (Å²) >= 11 is 0. The van der Waals surface area contributed by atoms with Crippen molar-refractivity contribution in [1.29, 1.82) is 0 Å². The molecule has 0 spiro atoms. The van der Waals surface area contributed by atoms with E-state index < -0.39 is 11.7 Å². The van der Waals surface area contributed by atoms with Crippen LogP contribution in [0.2, 0.25) is 0 Å². The lowest BCUT2D eigenvalue weighted by Gasteiger charge is -2.36. The highest BCUT2D eigenvalue weighted by atomic mass is 16.5. The van der Waals surface area contributed by atoms with E-state index in [9.17, 15) is 5.11 Å². The summed E-state index contributed by atoms with van der Waals surface area (Å²) in [6, 6.07) is 5.47. The second kappa shape index (κ2) is 7.50. The molecule has 1 rings (SSSR count). The Bertz CT molecular complexity index is 413. The lowest BCUT2D eigenvalue weighted by Crippen LogP contribution is -2.38. The fourth-order valence-electron chi connectivity index (χ4n) is 2.53. The van der Waals surface area contributed by atoms with E-state index in [4.69, 9.17) is 14.2 Å². The van der Waals surface area contributed by atoms with Gasteiger partial charge in [0.15, 0.2) is 11.5 Å². The number of ether oxygens (including phenoxy) is 3. The molecule has 0 saturated carbocycles. The summed E-state index contributed by atoms with van der Waals surface area (Å²) in [5.74, 6) is 1.26. The Morgan fingerprint density at radius 2 is 1.65 bits per heavy atom. The summed E-state index contributed by atoms with van der Waals surface area (Å²) in [5.41, 5.74) is 0.216. The van der Waals surface area contributed by atoms with Crippen LogP contribution < -0.4 is 9.47 Å². The van der Waals surface area contributed by atoms with Crippen molar-refractivity contribution < 1.29 is 19.3 Å². The summed E-state index contributed by atoms with van der Waals surface area (Å²) < 4.78 is 16.4. The lowest BCUT2D eigenvalue weighted by atomic mass is 9.86. The molecule has 1 aromatic carbocycles. The minimum absolute atomic E-state index is 0.561. The zero-order chi connectivity index (χ0) is 15.2. The number of methoxy groups -OCH3 is 2. The first-order chi connectivity index (χ1) is 9.58. The Morgan fingerprint density at radius 1 is 1.05 bits per heavy atom. The predicted molar refractivity (Wildman–Crippen MR) is 79.4 cm³/mol. The quantitative estimate of drug-likeness (QED) is 0.794. The van der Waals surface area contributed by atoms with E-state index in [1.165, 1.54) is 0 Å². The molecule has 0 heterocycles. The fourth-order valence-corrected chi connectivity index (χ4v) is 2.53. The van der Waals surface area contributed by atoms with Gasteiger partial charge in [-0.2, -0.15) is 0 Å². The SMILES string of the molecule is CCOC(CC)(CC)C(O)c1ccc(OC)c(OC)c1. The Labute approximate surface area is 121 Å². The molecule has 20 heavy (non-hydrogen) atoms. The van der Waals surface area contributed by atoms with Crippen LogP contribution in [0.15, 0.2) is 18.2 Å². The molecular weight excluding hydrogens is 256 g/mol. The minimum atomic E-state index is -0.697. The van der Waals surface area contributed by atoms with Crippen molar-refractivity contribution in [2.24, 2.45) is 0 Å². The maximum absolute atomic E-state index is 10.7. The molecule has 0 fully saturated rings. The van der Waals surface area contributed by atoms with Gasteiger partial charge in [-0.15, -0.1) is 0 Å². The van der Waals surface area contributed by atoms with Crippen LogP contribution in [0.5, 0.6) is 11.5 Å². The van der Waals surface area contributed by atoms with Gasteiger partial charge in [0, 0.05) is 6.61 Å². The Morgan fingerprint density at radius 3 is 2.10 bits per heavy atom. The third-order valence-electron chi connectivity index (χ3n) is 3.85. The zero-order valence-corrected chi connectivity index (χ0v) is 13.1. The molecular formula is C16H26O4. The first-order valence-electron chi connectivity index (χ1n) is 7.12. The molecule has 1 N–H and O–H groups in total. The zero-order valence-electron chi connectivity index (χ0n) is 13.1. The van der Waals surface area contributed by atoms with Crippen molar-refractivity contribution in [3.05, 3.63) is 23.8 Å². The van der Waals surface area contributed by atoms with Crippen LogP contribution in [-0.2, 0) is 4.74 Å². The van der Waals surface area contributed by atoms with E-state index >= 15 is 0 Å². The standard InChI is InChI=1S/C16H26O4/c1-6-16(7-2,20-8-3)15(17)12-9-10-13(18-4)14(11-12)19-5/h9-11,15,17H,6-8H2,1-5H3. The van der Waals surface area contributed by atoms with Gasteiger partial charge in [-0.1, -0.05) is 19.9 Å². The molecule has 0 aliphatic carbocycles. The minimum Gasteiger partial charge on any atom is -0.493 e. The van der Waals surface area contributed by atoms with Crippen molar-refractivity contribution in [3.63, 3.8) is 0 Å². The molecule has 1 unspecified atom stereocenters. The molecule has 0 amide bonds. The molecule has 114 valence electrons. The van der Waals surface area contributed by atoms with Gasteiger partial charge in [0.1, 0.15) is 6.10 Å². The molecule has 0 aliphatic rings. The molecule has 0 aliphatic heterocycles. The highest BCUT2D eigenvalue weighted by molar-refractivity contribution is 5.44. The maximum atomic E-state index is 10.7. The van der Waals surface area contributed by atoms with Gasteiger partial charge in [0.2, 0.25) is 0 Å². The summed E-state index contributed by atoms with van der Waals surface area (Å²) in [6.45, 7) is 6.58. The highest BCUT2D eigenvalue weighted by Gasteiger charge is 2.36. The van der Waals surface area contributed by atoms with E-state index in [1.807, 2.05) is 32.9 Å². The Kier molecular flexibility index (Phi) is 6.30. The third-order valence-corrected chi connectivity index (χ3v) is 3.85. The summed E-state index contributed by atoms with van der Waals surface area (Å²) in [4.78, 5) is 0. The van der Waals surface area contributed by atoms with Crippen molar-refractivity contribution in [3.8, 4) is 11.5 Å². The van der Waals surface area contributed by atoms with E-state index in [0.29, 0.717) is 18.1 Å². The van der Waals surface area contributed by atoms with Crippen molar-refractivity contribution in [1.82, 2.24) is 0 Å². The molecule has 0 bridgehead atoms. The Balaban J connectivity index is 3.14. The van der Waals surface area contributed by atoms with Crippen LogP contribution in [0.25, 0.3) is 0 Å². The second-order valence-electron chi connectivity index (χ2n) is 4.72. The summed E-state index contributed by atoms with van der Waals surface area (Å²) in [7, 11) is 3.18. The van der Waals surface area contributed by atoms with Crippen LogP contribution in [0.4, 0.5) is 0 Å². The molecule has 0 radical (unpaired) electrons.